The van der Waals surface area contributed by atoms with Crippen molar-refractivity contribution in [3.63, 3.8) is 0 Å². The number of carbonyl (C=O) groups excluding carboxylic acids is 2. The molecule has 20 heavy (non-hydrogen) atoms. The topological polar surface area (TPSA) is 94.6 Å². The molecule has 2 amide bonds. The first-order valence-electron chi connectivity index (χ1n) is 6.09. The third-order valence-electron chi connectivity index (χ3n) is 2.31. The third-order valence-corrected chi connectivity index (χ3v) is 2.31. The predicted molar refractivity (Wildman–Crippen MR) is 76.9 cm³/mol. The highest BCUT2D eigenvalue weighted by Gasteiger charge is 2.03. The molecule has 1 aromatic rings. The number of carbonyl (C=O) groups is 2. The van der Waals surface area contributed by atoms with Crippen LogP contribution in [0.15, 0.2) is 23.2 Å². The molecule has 0 aliphatic rings. The van der Waals surface area contributed by atoms with E-state index in [1.807, 2.05) is 32.0 Å². The van der Waals surface area contributed by atoms with Crippen molar-refractivity contribution in [2.45, 2.75) is 27.7 Å². The second-order valence-electron chi connectivity index (χ2n) is 4.36. The fourth-order valence-electron chi connectivity index (χ4n) is 1.34. The molecule has 0 spiro atoms. The number of nitrogens with zero attached hydrogens (tertiary/aromatic N) is 1. The first-order valence-corrected chi connectivity index (χ1v) is 6.09. The number of nitrogens with one attached hydrogen (secondary N) is 4. The van der Waals surface area contributed by atoms with Crippen LogP contribution >= 0.6 is 0 Å². The molecule has 0 aromatic heterocycles. The lowest BCUT2D eigenvalue weighted by atomic mass is 10.1. The van der Waals surface area contributed by atoms with Crippen LogP contribution in [0, 0.1) is 13.8 Å². The van der Waals surface area contributed by atoms with Gasteiger partial charge in [0.2, 0.25) is 17.8 Å². The minimum absolute atomic E-state index is 0.212. The highest BCUT2D eigenvalue weighted by Crippen LogP contribution is 2.19. The molecule has 7 heteroatoms. The summed E-state index contributed by atoms with van der Waals surface area (Å²) in [5, 5.41) is 0. The van der Waals surface area contributed by atoms with Gasteiger partial charge in [-0.1, -0.05) is 12.1 Å². The molecule has 0 radical (unpaired) electrons. The van der Waals surface area contributed by atoms with E-state index in [9.17, 15) is 9.59 Å². The van der Waals surface area contributed by atoms with Crippen LogP contribution in [0.5, 0.6) is 0 Å². The zero-order chi connectivity index (χ0) is 15.1. The molecule has 0 bridgehead atoms. The average molecular weight is 277 g/mol. The Hall–Kier alpha value is -2.57. The van der Waals surface area contributed by atoms with Gasteiger partial charge in [-0.05, 0) is 31.0 Å². The van der Waals surface area contributed by atoms with Crippen molar-refractivity contribution >= 4 is 23.5 Å². The quantitative estimate of drug-likeness (QED) is 0.343. The van der Waals surface area contributed by atoms with Crippen molar-refractivity contribution in [3.05, 3.63) is 29.3 Å². The summed E-state index contributed by atoms with van der Waals surface area (Å²) in [4.78, 5) is 26.2. The lowest BCUT2D eigenvalue weighted by molar-refractivity contribution is -0.120. The van der Waals surface area contributed by atoms with Gasteiger partial charge in [-0.25, -0.2) is 4.99 Å². The van der Waals surface area contributed by atoms with Gasteiger partial charge in [0.05, 0.1) is 5.69 Å². The van der Waals surface area contributed by atoms with E-state index in [1.165, 1.54) is 13.8 Å². The maximum Gasteiger partial charge on any atom is 0.235 e. The van der Waals surface area contributed by atoms with E-state index in [0.717, 1.165) is 16.8 Å². The van der Waals surface area contributed by atoms with Gasteiger partial charge in [0.25, 0.3) is 0 Å². The standard InChI is InChI=1S/C13H19N5O2/c1-8-5-6-9(2)12(7-8)14-13(17-15-10(3)19)18-16-11(4)20/h5-7H,1-4H3,(H,15,19)(H,16,20)(H2,14,17,18). The number of hydrogen-bond donors (Lipinski definition) is 4. The van der Waals surface area contributed by atoms with Gasteiger partial charge < -0.3 is 0 Å². The Morgan fingerprint density at radius 2 is 1.50 bits per heavy atom. The molecule has 0 atom stereocenters. The number of hydrazine groups is 2. The molecule has 0 aliphatic heterocycles. The second kappa shape index (κ2) is 7.13. The first kappa shape index (κ1) is 15.5. The lowest BCUT2D eigenvalue weighted by Gasteiger charge is -2.13. The maximum absolute atomic E-state index is 10.9. The van der Waals surface area contributed by atoms with Gasteiger partial charge in [-0.3, -0.25) is 31.3 Å². The van der Waals surface area contributed by atoms with E-state index in [-0.39, 0.29) is 17.8 Å². The van der Waals surface area contributed by atoms with Crippen LogP contribution in [0.1, 0.15) is 25.0 Å². The second-order valence-corrected chi connectivity index (χ2v) is 4.36. The summed E-state index contributed by atoms with van der Waals surface area (Å²) < 4.78 is 0. The highest BCUT2D eigenvalue weighted by molar-refractivity contribution is 5.87. The van der Waals surface area contributed by atoms with Crippen LogP contribution in [-0.4, -0.2) is 17.8 Å². The maximum atomic E-state index is 10.9. The van der Waals surface area contributed by atoms with Crippen LogP contribution in [0.4, 0.5) is 5.69 Å². The lowest BCUT2D eigenvalue weighted by Crippen LogP contribution is -2.52. The van der Waals surface area contributed by atoms with Crippen LogP contribution < -0.4 is 21.7 Å². The Morgan fingerprint density at radius 1 is 0.950 bits per heavy atom. The summed E-state index contributed by atoms with van der Waals surface area (Å²) in [5.74, 6) is -0.337. The minimum atomic E-state index is -0.275. The molecule has 7 nitrogen and oxygen atoms in total. The molecule has 0 aliphatic carbocycles. The van der Waals surface area contributed by atoms with Crippen LogP contribution in [0.3, 0.4) is 0 Å². The van der Waals surface area contributed by atoms with Crippen molar-refractivity contribution in [3.8, 4) is 0 Å². The van der Waals surface area contributed by atoms with E-state index in [2.05, 4.69) is 26.7 Å². The van der Waals surface area contributed by atoms with Gasteiger partial charge in [-0.2, -0.15) is 0 Å². The van der Waals surface area contributed by atoms with E-state index >= 15 is 0 Å². The van der Waals surface area contributed by atoms with E-state index < -0.39 is 0 Å². The zero-order valence-corrected chi connectivity index (χ0v) is 12.0. The Labute approximate surface area is 117 Å². The number of rotatable bonds is 1. The van der Waals surface area contributed by atoms with Gasteiger partial charge in [0, 0.05) is 13.8 Å². The number of aliphatic imine (C=N–C) groups is 1. The van der Waals surface area contributed by atoms with Crippen molar-refractivity contribution in [1.29, 1.82) is 0 Å². The smallest absolute Gasteiger partial charge is 0.235 e. The van der Waals surface area contributed by atoms with Gasteiger partial charge >= 0.3 is 0 Å². The molecule has 0 unspecified atom stereocenters. The van der Waals surface area contributed by atoms with Crippen LogP contribution in [0.2, 0.25) is 0 Å². The summed E-state index contributed by atoms with van der Waals surface area (Å²) in [7, 11) is 0. The highest BCUT2D eigenvalue weighted by atomic mass is 16.2. The molecule has 0 saturated carbocycles. The molecule has 0 heterocycles. The molecule has 1 rings (SSSR count). The van der Waals surface area contributed by atoms with Crippen LogP contribution in [-0.2, 0) is 9.59 Å². The summed E-state index contributed by atoms with van der Waals surface area (Å²) >= 11 is 0. The van der Waals surface area contributed by atoms with Crippen molar-refractivity contribution in [2.75, 3.05) is 0 Å². The largest absolute Gasteiger partial charge is 0.274 e. The Balaban J connectivity index is 2.94. The predicted octanol–water partition coefficient (Wildman–Crippen LogP) is 0.572. The normalized spacial score (nSPS) is 9.40. The summed E-state index contributed by atoms with van der Waals surface area (Å²) in [6.07, 6.45) is 0. The molecule has 108 valence electrons. The molecule has 0 fully saturated rings. The minimum Gasteiger partial charge on any atom is -0.274 e. The molecule has 0 saturated heterocycles. The fourth-order valence-corrected chi connectivity index (χ4v) is 1.34. The first-order chi connectivity index (χ1) is 9.38. The van der Waals surface area contributed by atoms with E-state index in [0.29, 0.717) is 0 Å². The SMILES string of the molecule is CC(=O)NNC(=Nc1cc(C)ccc1C)NNC(C)=O. The molecular formula is C13H19N5O2. The number of amides is 2. The Bertz CT molecular complexity index is 520. The van der Waals surface area contributed by atoms with Crippen molar-refractivity contribution in [2.24, 2.45) is 4.99 Å². The van der Waals surface area contributed by atoms with Gasteiger partial charge in [0.1, 0.15) is 0 Å². The molecular weight excluding hydrogens is 258 g/mol. The van der Waals surface area contributed by atoms with E-state index in [1.54, 1.807) is 0 Å². The monoisotopic (exact) mass is 277 g/mol. The average Bonchev–Trinajstić information content (AvgIpc) is 2.36. The summed E-state index contributed by atoms with van der Waals surface area (Å²) in [6, 6.07) is 5.83. The summed E-state index contributed by atoms with van der Waals surface area (Å²) in [5.41, 5.74) is 12.7. The molecule has 4 N–H and O–H groups in total. The Morgan fingerprint density at radius 3 is 2.00 bits per heavy atom. The van der Waals surface area contributed by atoms with Crippen LogP contribution in [0.25, 0.3) is 0 Å². The van der Waals surface area contributed by atoms with E-state index in [4.69, 9.17) is 0 Å². The number of aryl methyl sites for hydroxylation is 2. The third kappa shape index (κ3) is 5.38. The van der Waals surface area contributed by atoms with Crippen molar-refractivity contribution < 1.29 is 9.59 Å². The number of guanidine groups is 1. The zero-order valence-electron chi connectivity index (χ0n) is 12.0. The van der Waals surface area contributed by atoms with Gasteiger partial charge in [0.15, 0.2) is 0 Å². The molecule has 1 aromatic carbocycles. The fraction of sp³-hybridized carbons (Fsp3) is 0.308. The van der Waals surface area contributed by atoms with Gasteiger partial charge in [-0.15, -0.1) is 0 Å². The number of benzene rings is 1. The van der Waals surface area contributed by atoms with Crippen molar-refractivity contribution in [1.82, 2.24) is 21.7 Å². The Kier molecular flexibility index (Phi) is 5.52. The summed E-state index contributed by atoms with van der Waals surface area (Å²) in [6.45, 7) is 6.61. The number of hydrogen-bond acceptors (Lipinski definition) is 3.